The van der Waals surface area contributed by atoms with Gasteiger partial charge < -0.3 is 24.8 Å². The molecular formula is C25H24N2O5. The van der Waals surface area contributed by atoms with Gasteiger partial charge in [0.2, 0.25) is 0 Å². The molecule has 1 unspecified atom stereocenters. The first-order valence-electron chi connectivity index (χ1n) is 10.4. The van der Waals surface area contributed by atoms with Crippen LogP contribution in [-0.4, -0.2) is 31.6 Å². The molecule has 0 spiro atoms. The van der Waals surface area contributed by atoms with Gasteiger partial charge in [-0.25, -0.2) is 0 Å². The SMILES string of the molecule is COc1ccccc1Oc1ccc(NC(=O)c2cccc(NC(=O)C3CCCO3)c2)cc1. The summed E-state index contributed by atoms with van der Waals surface area (Å²) in [7, 11) is 1.59. The van der Waals surface area contributed by atoms with Gasteiger partial charge in [0.05, 0.1) is 7.11 Å². The summed E-state index contributed by atoms with van der Waals surface area (Å²) in [5, 5.41) is 5.66. The van der Waals surface area contributed by atoms with E-state index in [2.05, 4.69) is 10.6 Å². The van der Waals surface area contributed by atoms with Gasteiger partial charge in [0, 0.05) is 23.5 Å². The zero-order valence-corrected chi connectivity index (χ0v) is 17.7. The molecule has 1 aliphatic heterocycles. The third-order valence-corrected chi connectivity index (χ3v) is 5.02. The molecule has 7 nitrogen and oxygen atoms in total. The summed E-state index contributed by atoms with van der Waals surface area (Å²) in [5.41, 5.74) is 1.61. The molecule has 1 heterocycles. The highest BCUT2D eigenvalue weighted by atomic mass is 16.5. The number of rotatable bonds is 7. The van der Waals surface area contributed by atoms with Crippen LogP contribution in [0.3, 0.4) is 0 Å². The van der Waals surface area contributed by atoms with Crippen LogP contribution in [-0.2, 0) is 9.53 Å². The molecule has 2 N–H and O–H groups in total. The summed E-state index contributed by atoms with van der Waals surface area (Å²) in [6, 6.07) is 21.2. The molecule has 4 rings (SSSR count). The van der Waals surface area contributed by atoms with Crippen LogP contribution in [0, 0.1) is 0 Å². The first-order valence-corrected chi connectivity index (χ1v) is 10.4. The first-order chi connectivity index (χ1) is 15.6. The largest absolute Gasteiger partial charge is 0.493 e. The number of para-hydroxylation sites is 2. The molecule has 0 bridgehead atoms. The van der Waals surface area contributed by atoms with Crippen molar-refractivity contribution in [2.24, 2.45) is 0 Å². The highest BCUT2D eigenvalue weighted by Crippen LogP contribution is 2.31. The van der Waals surface area contributed by atoms with Crippen molar-refractivity contribution in [3.05, 3.63) is 78.4 Å². The Morgan fingerprint density at radius 3 is 2.41 bits per heavy atom. The molecule has 2 amide bonds. The number of carbonyl (C=O) groups is 2. The minimum Gasteiger partial charge on any atom is -0.493 e. The lowest BCUT2D eigenvalue weighted by Gasteiger charge is -2.12. The fraction of sp³-hybridized carbons (Fsp3) is 0.200. The van der Waals surface area contributed by atoms with Crippen molar-refractivity contribution in [1.82, 2.24) is 0 Å². The van der Waals surface area contributed by atoms with Crippen LogP contribution in [0.15, 0.2) is 72.8 Å². The van der Waals surface area contributed by atoms with Gasteiger partial charge in [-0.1, -0.05) is 18.2 Å². The van der Waals surface area contributed by atoms with E-state index in [1.54, 1.807) is 55.6 Å². The topological polar surface area (TPSA) is 85.9 Å². The second-order valence-corrected chi connectivity index (χ2v) is 7.30. The summed E-state index contributed by atoms with van der Waals surface area (Å²) < 4.78 is 16.5. The van der Waals surface area contributed by atoms with Gasteiger partial charge >= 0.3 is 0 Å². The van der Waals surface area contributed by atoms with E-state index in [0.717, 1.165) is 6.42 Å². The van der Waals surface area contributed by atoms with E-state index in [1.165, 1.54) is 0 Å². The lowest BCUT2D eigenvalue weighted by Crippen LogP contribution is -2.27. The standard InChI is InChI=1S/C25H24N2O5/c1-30-21-8-2-3-9-22(21)32-20-13-11-18(12-14-20)26-24(28)17-6-4-7-19(16-17)27-25(29)23-10-5-15-31-23/h2-4,6-9,11-14,16,23H,5,10,15H2,1H3,(H,26,28)(H,27,29). The number of methoxy groups -OCH3 is 1. The number of amides is 2. The third-order valence-electron chi connectivity index (χ3n) is 5.02. The summed E-state index contributed by atoms with van der Waals surface area (Å²) in [6.45, 7) is 0.600. The highest BCUT2D eigenvalue weighted by Gasteiger charge is 2.23. The van der Waals surface area contributed by atoms with E-state index in [0.29, 0.717) is 47.2 Å². The molecule has 32 heavy (non-hydrogen) atoms. The van der Waals surface area contributed by atoms with E-state index >= 15 is 0 Å². The average molecular weight is 432 g/mol. The van der Waals surface area contributed by atoms with Crippen molar-refractivity contribution in [2.45, 2.75) is 18.9 Å². The molecule has 0 aromatic heterocycles. The fourth-order valence-corrected chi connectivity index (χ4v) is 3.39. The lowest BCUT2D eigenvalue weighted by atomic mass is 10.1. The Bertz CT molecular complexity index is 1090. The van der Waals surface area contributed by atoms with E-state index in [9.17, 15) is 9.59 Å². The number of carbonyl (C=O) groups excluding carboxylic acids is 2. The predicted octanol–water partition coefficient (Wildman–Crippen LogP) is 4.86. The molecule has 1 fully saturated rings. The lowest BCUT2D eigenvalue weighted by molar-refractivity contribution is -0.124. The Morgan fingerprint density at radius 2 is 1.69 bits per heavy atom. The molecule has 0 aliphatic carbocycles. The van der Waals surface area contributed by atoms with E-state index in [-0.39, 0.29) is 11.8 Å². The number of nitrogens with one attached hydrogen (secondary N) is 2. The Kier molecular flexibility index (Phi) is 6.67. The maximum atomic E-state index is 12.7. The van der Waals surface area contributed by atoms with Crippen molar-refractivity contribution in [2.75, 3.05) is 24.4 Å². The highest BCUT2D eigenvalue weighted by molar-refractivity contribution is 6.05. The maximum absolute atomic E-state index is 12.7. The molecule has 3 aromatic carbocycles. The van der Waals surface area contributed by atoms with E-state index < -0.39 is 6.10 Å². The van der Waals surface area contributed by atoms with Crippen LogP contribution in [0.4, 0.5) is 11.4 Å². The first kappa shape index (κ1) is 21.4. The average Bonchev–Trinajstić information content (AvgIpc) is 3.36. The van der Waals surface area contributed by atoms with Gasteiger partial charge in [0.1, 0.15) is 11.9 Å². The van der Waals surface area contributed by atoms with Gasteiger partial charge in [0.25, 0.3) is 11.8 Å². The number of hydrogen-bond donors (Lipinski definition) is 2. The molecule has 0 radical (unpaired) electrons. The smallest absolute Gasteiger partial charge is 0.255 e. The molecule has 1 atom stereocenters. The molecule has 1 saturated heterocycles. The summed E-state index contributed by atoms with van der Waals surface area (Å²) in [6.07, 6.45) is 1.16. The Hall–Kier alpha value is -3.84. The Balaban J connectivity index is 1.38. The minimum absolute atomic E-state index is 0.189. The van der Waals surface area contributed by atoms with Crippen LogP contribution >= 0.6 is 0 Å². The maximum Gasteiger partial charge on any atom is 0.255 e. The van der Waals surface area contributed by atoms with E-state index in [1.807, 2.05) is 24.3 Å². The van der Waals surface area contributed by atoms with Crippen LogP contribution in [0.1, 0.15) is 23.2 Å². The van der Waals surface area contributed by atoms with Gasteiger partial charge in [-0.2, -0.15) is 0 Å². The summed E-state index contributed by atoms with van der Waals surface area (Å²) in [5.74, 6) is 1.39. The monoisotopic (exact) mass is 432 g/mol. The Labute approximate surface area is 186 Å². The van der Waals surface area contributed by atoms with Gasteiger partial charge in [-0.15, -0.1) is 0 Å². The normalized spacial score (nSPS) is 15.1. The van der Waals surface area contributed by atoms with Crippen molar-refractivity contribution in [1.29, 1.82) is 0 Å². The number of hydrogen-bond acceptors (Lipinski definition) is 5. The molecule has 0 saturated carbocycles. The summed E-state index contributed by atoms with van der Waals surface area (Å²) in [4.78, 5) is 24.9. The van der Waals surface area contributed by atoms with Crippen molar-refractivity contribution >= 4 is 23.2 Å². The molecule has 1 aliphatic rings. The Morgan fingerprint density at radius 1 is 0.906 bits per heavy atom. The predicted molar refractivity (Wildman–Crippen MR) is 122 cm³/mol. The van der Waals surface area contributed by atoms with Crippen molar-refractivity contribution < 1.29 is 23.8 Å². The minimum atomic E-state index is -0.427. The van der Waals surface area contributed by atoms with Crippen LogP contribution < -0.4 is 20.1 Å². The van der Waals surface area contributed by atoms with Gasteiger partial charge in [-0.3, -0.25) is 9.59 Å². The third kappa shape index (κ3) is 5.25. The summed E-state index contributed by atoms with van der Waals surface area (Å²) >= 11 is 0. The second-order valence-electron chi connectivity index (χ2n) is 7.30. The van der Waals surface area contributed by atoms with Crippen molar-refractivity contribution in [3.63, 3.8) is 0 Å². The zero-order valence-electron chi connectivity index (χ0n) is 17.7. The second kappa shape index (κ2) is 9.98. The van der Waals surface area contributed by atoms with Gasteiger partial charge in [0.15, 0.2) is 11.5 Å². The number of ether oxygens (including phenoxy) is 3. The number of benzene rings is 3. The zero-order chi connectivity index (χ0) is 22.3. The quantitative estimate of drug-likeness (QED) is 0.557. The molecule has 3 aromatic rings. The van der Waals surface area contributed by atoms with Crippen LogP contribution in [0.5, 0.6) is 17.2 Å². The van der Waals surface area contributed by atoms with Gasteiger partial charge in [-0.05, 0) is 67.4 Å². The number of anilines is 2. The molecular weight excluding hydrogens is 408 g/mol. The molecule has 7 heteroatoms. The van der Waals surface area contributed by atoms with Crippen molar-refractivity contribution in [3.8, 4) is 17.2 Å². The van der Waals surface area contributed by atoms with Crippen LogP contribution in [0.2, 0.25) is 0 Å². The van der Waals surface area contributed by atoms with Crippen LogP contribution in [0.25, 0.3) is 0 Å². The molecule has 164 valence electrons. The van der Waals surface area contributed by atoms with E-state index in [4.69, 9.17) is 14.2 Å². The fourth-order valence-electron chi connectivity index (χ4n) is 3.39.